The highest BCUT2D eigenvalue weighted by Gasteiger charge is 2.34. The molecule has 166 valence electrons. The molecule has 0 N–H and O–H groups in total. The second kappa shape index (κ2) is 9.58. The first-order valence-corrected chi connectivity index (χ1v) is 10.8. The molecule has 2 aromatic carbocycles. The molecule has 1 heterocycles. The highest BCUT2D eigenvalue weighted by Crippen LogP contribution is 2.39. The third-order valence-corrected chi connectivity index (χ3v) is 5.32. The fourth-order valence-electron chi connectivity index (χ4n) is 3.59. The van der Waals surface area contributed by atoms with E-state index in [1.165, 1.54) is 6.07 Å². The summed E-state index contributed by atoms with van der Waals surface area (Å²) in [7, 11) is 0. The number of amides is 1. The molecule has 0 bridgehead atoms. The van der Waals surface area contributed by atoms with E-state index in [1.54, 1.807) is 23.2 Å². The predicted molar refractivity (Wildman–Crippen MR) is 119 cm³/mol. The average Bonchev–Trinajstić information content (AvgIpc) is 3.56. The molecule has 2 unspecified atom stereocenters. The van der Waals surface area contributed by atoms with Crippen molar-refractivity contribution in [1.82, 2.24) is 4.90 Å². The third kappa shape index (κ3) is 5.90. The number of carbonyl (C=O) groups excluding carboxylic acids is 1. The quantitative estimate of drug-likeness (QED) is 0.472. The van der Waals surface area contributed by atoms with Gasteiger partial charge in [-0.05, 0) is 43.5 Å². The summed E-state index contributed by atoms with van der Waals surface area (Å²) in [5.74, 6) is -2.89. The Morgan fingerprint density at radius 3 is 2.42 bits per heavy atom. The van der Waals surface area contributed by atoms with E-state index in [-0.39, 0.29) is 29.3 Å². The van der Waals surface area contributed by atoms with Crippen molar-refractivity contribution >= 4 is 12.1 Å². The lowest BCUT2D eigenvalue weighted by Crippen LogP contribution is -2.45. The van der Waals surface area contributed by atoms with Crippen LogP contribution in [0.15, 0.2) is 53.5 Å². The van der Waals surface area contributed by atoms with Crippen molar-refractivity contribution in [1.29, 1.82) is 0 Å². The van der Waals surface area contributed by atoms with Gasteiger partial charge < -0.3 is 9.64 Å². The van der Waals surface area contributed by atoms with Crippen molar-refractivity contribution in [3.63, 3.8) is 0 Å². The Balaban J connectivity index is 1.83. The number of aliphatic imine (C=N–C) groups is 1. The summed E-state index contributed by atoms with van der Waals surface area (Å²) in [5, 5.41) is 0. The number of ether oxygens (including phenoxy) is 1. The topological polar surface area (TPSA) is 41.9 Å². The van der Waals surface area contributed by atoms with E-state index >= 15 is 0 Å². The third-order valence-electron chi connectivity index (χ3n) is 5.32. The normalized spacial score (nSPS) is 16.3. The Hall–Kier alpha value is -2.76. The lowest BCUT2D eigenvalue weighted by Gasteiger charge is -2.31. The van der Waals surface area contributed by atoms with Crippen LogP contribution in [0.25, 0.3) is 0 Å². The molecule has 6 heteroatoms. The summed E-state index contributed by atoms with van der Waals surface area (Å²) >= 11 is 0. The monoisotopic (exact) mass is 428 g/mol. The van der Waals surface area contributed by atoms with E-state index in [9.17, 15) is 13.6 Å². The van der Waals surface area contributed by atoms with Gasteiger partial charge in [-0.2, -0.15) is 0 Å². The highest BCUT2D eigenvalue weighted by atomic mass is 19.3. The molecule has 0 saturated heterocycles. The van der Waals surface area contributed by atoms with Gasteiger partial charge in [0.15, 0.2) is 6.10 Å². The van der Waals surface area contributed by atoms with Crippen molar-refractivity contribution in [2.75, 3.05) is 0 Å². The molecule has 1 aliphatic heterocycles. The molecular formula is C25H30F2N2O2. The van der Waals surface area contributed by atoms with Gasteiger partial charge in [0.1, 0.15) is 11.8 Å². The number of alkyl halides is 2. The van der Waals surface area contributed by atoms with Crippen LogP contribution in [0.2, 0.25) is 0 Å². The van der Waals surface area contributed by atoms with Crippen LogP contribution in [0.5, 0.6) is 5.75 Å². The maximum absolute atomic E-state index is 14.2. The Labute approximate surface area is 182 Å². The lowest BCUT2D eigenvalue weighted by atomic mass is 9.99. The predicted octanol–water partition coefficient (Wildman–Crippen LogP) is 5.91. The zero-order valence-electron chi connectivity index (χ0n) is 18.5. The minimum atomic E-state index is -3.03. The van der Waals surface area contributed by atoms with Gasteiger partial charge in [-0.3, -0.25) is 9.79 Å². The summed E-state index contributed by atoms with van der Waals surface area (Å²) in [6.07, 6.45) is 2.14. The molecule has 4 nitrogen and oxygen atoms in total. The summed E-state index contributed by atoms with van der Waals surface area (Å²) < 4.78 is 34.4. The average molecular weight is 429 g/mol. The molecule has 0 saturated carbocycles. The van der Waals surface area contributed by atoms with Crippen LogP contribution < -0.4 is 4.74 Å². The van der Waals surface area contributed by atoms with E-state index in [0.717, 1.165) is 18.9 Å². The largest absolute Gasteiger partial charge is 0.481 e. The van der Waals surface area contributed by atoms with Gasteiger partial charge in [-0.1, -0.05) is 49.7 Å². The van der Waals surface area contributed by atoms with Crippen LogP contribution in [0.3, 0.4) is 0 Å². The Morgan fingerprint density at radius 1 is 1.19 bits per heavy atom. The number of halogens is 2. The molecule has 3 rings (SSSR count). The van der Waals surface area contributed by atoms with E-state index in [0.29, 0.717) is 18.5 Å². The fourth-order valence-corrected chi connectivity index (χ4v) is 3.59. The first kappa shape index (κ1) is 22.9. The Kier molecular flexibility index (Phi) is 7.08. The molecule has 0 fully saturated rings. The van der Waals surface area contributed by atoms with E-state index in [2.05, 4.69) is 4.99 Å². The van der Waals surface area contributed by atoms with Crippen LogP contribution in [0, 0.1) is 0 Å². The number of carbonyl (C=O) groups is 1. The molecule has 1 amide bonds. The van der Waals surface area contributed by atoms with Crippen molar-refractivity contribution in [3.8, 4) is 5.75 Å². The molecule has 1 aliphatic rings. The highest BCUT2D eigenvalue weighted by molar-refractivity contribution is 5.82. The van der Waals surface area contributed by atoms with Crippen LogP contribution >= 0.6 is 0 Å². The number of nitrogens with zero attached hydrogens (tertiary/aromatic N) is 2. The smallest absolute Gasteiger partial charge is 0.271 e. The van der Waals surface area contributed by atoms with E-state index < -0.39 is 12.0 Å². The van der Waals surface area contributed by atoms with Crippen LogP contribution in [0.4, 0.5) is 8.78 Å². The molecule has 0 spiro atoms. The zero-order chi connectivity index (χ0) is 22.6. The molecule has 0 aliphatic carbocycles. The van der Waals surface area contributed by atoms with Gasteiger partial charge in [-0.25, -0.2) is 8.78 Å². The number of hydrogen-bond acceptors (Lipinski definition) is 3. The van der Waals surface area contributed by atoms with Crippen molar-refractivity contribution in [2.45, 2.75) is 71.2 Å². The first-order chi connectivity index (χ1) is 14.7. The van der Waals surface area contributed by atoms with Gasteiger partial charge >= 0.3 is 0 Å². The number of hydrogen-bond donors (Lipinski definition) is 0. The van der Waals surface area contributed by atoms with Gasteiger partial charge in [0.25, 0.3) is 11.8 Å². The molecule has 2 atom stereocenters. The summed E-state index contributed by atoms with van der Waals surface area (Å²) in [5.41, 5.74) is 1.40. The van der Waals surface area contributed by atoms with Crippen molar-refractivity contribution < 1.29 is 18.3 Å². The van der Waals surface area contributed by atoms with Gasteiger partial charge in [0.05, 0.1) is 0 Å². The van der Waals surface area contributed by atoms with Crippen molar-refractivity contribution in [3.05, 3.63) is 65.2 Å². The van der Waals surface area contributed by atoms with Gasteiger partial charge in [0.2, 0.25) is 0 Å². The molecule has 0 aromatic heterocycles. The van der Waals surface area contributed by atoms with Crippen LogP contribution in [0.1, 0.15) is 63.3 Å². The second-order valence-electron chi connectivity index (χ2n) is 8.32. The SMILES string of the molecule is CCCC(Oc1ccc(C2C=N2)c(C(C)(F)F)c1)C(=O)N(Cc1ccccc1)C(C)C. The summed E-state index contributed by atoms with van der Waals surface area (Å²) in [6, 6.07) is 14.1. The minimum Gasteiger partial charge on any atom is -0.481 e. The molecular weight excluding hydrogens is 398 g/mol. The summed E-state index contributed by atoms with van der Waals surface area (Å²) in [6.45, 7) is 7.23. The molecule has 2 aromatic rings. The lowest BCUT2D eigenvalue weighted by molar-refractivity contribution is -0.141. The zero-order valence-corrected chi connectivity index (χ0v) is 18.5. The summed E-state index contributed by atoms with van der Waals surface area (Å²) in [4.78, 5) is 19.2. The van der Waals surface area contributed by atoms with Gasteiger partial charge in [-0.15, -0.1) is 0 Å². The maximum atomic E-state index is 14.2. The standard InChI is InChI=1S/C25H30F2N2O2/c1-5-9-23(24(30)29(17(2)3)16-18-10-7-6-8-11-18)31-19-12-13-20(22-15-28-22)21(14-19)25(4,26)27/h6-8,10-15,17,22-23H,5,9,16H2,1-4H3. The molecule has 0 radical (unpaired) electrons. The van der Waals surface area contributed by atoms with Gasteiger partial charge in [0, 0.05) is 31.3 Å². The van der Waals surface area contributed by atoms with E-state index in [1.807, 2.05) is 51.1 Å². The first-order valence-electron chi connectivity index (χ1n) is 10.8. The fraction of sp³-hybridized carbons (Fsp3) is 0.440. The maximum Gasteiger partial charge on any atom is 0.271 e. The van der Waals surface area contributed by atoms with Crippen molar-refractivity contribution in [2.24, 2.45) is 4.99 Å². The van der Waals surface area contributed by atoms with E-state index in [4.69, 9.17) is 4.74 Å². The van der Waals surface area contributed by atoms with Crippen LogP contribution in [-0.4, -0.2) is 29.2 Å². The Morgan fingerprint density at radius 2 is 1.87 bits per heavy atom. The number of benzene rings is 2. The Bertz CT molecular complexity index is 917. The second-order valence-corrected chi connectivity index (χ2v) is 8.32. The number of rotatable bonds is 10. The molecule has 31 heavy (non-hydrogen) atoms. The minimum absolute atomic E-state index is 0.0272. The van der Waals surface area contributed by atoms with Crippen LogP contribution in [-0.2, 0) is 17.3 Å².